The second kappa shape index (κ2) is 4.08. The lowest BCUT2D eigenvalue weighted by molar-refractivity contribution is 0.328. The Labute approximate surface area is 51.7 Å². The maximum absolute atomic E-state index is 4.85. The van der Waals surface area contributed by atoms with Crippen molar-refractivity contribution >= 4 is 27.8 Å². The van der Waals surface area contributed by atoms with E-state index in [1.807, 2.05) is 6.92 Å². The van der Waals surface area contributed by atoms with E-state index in [4.69, 9.17) is 4.74 Å². The molecular weight excluding hydrogens is 126 g/mol. The van der Waals surface area contributed by atoms with Gasteiger partial charge in [-0.15, -0.1) is 0 Å². The largest absolute Gasteiger partial charge is 0.472 e. The molecule has 0 heterocycles. The zero-order valence-corrected chi connectivity index (χ0v) is 7.34. The van der Waals surface area contributed by atoms with Crippen molar-refractivity contribution in [3.8, 4) is 0 Å². The summed E-state index contributed by atoms with van der Waals surface area (Å²) in [6.07, 6.45) is 0. The Morgan fingerprint density at radius 3 is 2.71 bits per heavy atom. The SMILES string of the molecule is CCOC(=S)N[SiH3]. The van der Waals surface area contributed by atoms with Crippen molar-refractivity contribution in [2.45, 2.75) is 6.92 Å². The van der Waals surface area contributed by atoms with Crippen molar-refractivity contribution < 1.29 is 4.74 Å². The number of hydrogen-bond donors (Lipinski definition) is 1. The van der Waals surface area contributed by atoms with Gasteiger partial charge < -0.3 is 9.72 Å². The minimum atomic E-state index is 0.522. The number of nitrogens with one attached hydrogen (secondary N) is 1. The molecule has 0 aromatic heterocycles. The van der Waals surface area contributed by atoms with Crippen LogP contribution in [0.25, 0.3) is 0 Å². The molecule has 0 aromatic rings. The standard InChI is InChI=1S/C3H9NOSSi/c1-2-5-3(6)4-7/h2H2,1,7H3,(H,4,6). The second-order valence-corrected chi connectivity index (χ2v) is 1.84. The van der Waals surface area contributed by atoms with Crippen LogP contribution in [0.1, 0.15) is 6.92 Å². The molecule has 0 saturated heterocycles. The summed E-state index contributed by atoms with van der Waals surface area (Å²) in [7, 11) is 0.871. The molecule has 0 saturated carbocycles. The quantitative estimate of drug-likeness (QED) is 0.375. The van der Waals surface area contributed by atoms with Crippen molar-refractivity contribution in [2.75, 3.05) is 6.61 Å². The van der Waals surface area contributed by atoms with Crippen LogP contribution in [0.4, 0.5) is 0 Å². The van der Waals surface area contributed by atoms with Crippen LogP contribution in [0.3, 0.4) is 0 Å². The molecule has 42 valence electrons. The average Bonchev–Trinajstić information content (AvgIpc) is 1.68. The van der Waals surface area contributed by atoms with Gasteiger partial charge in [0.15, 0.2) is 0 Å². The lowest BCUT2D eigenvalue weighted by atomic mass is 10.9. The molecule has 0 rings (SSSR count). The summed E-state index contributed by atoms with van der Waals surface area (Å²) in [6.45, 7) is 2.57. The monoisotopic (exact) mass is 135 g/mol. The fourth-order valence-electron chi connectivity index (χ4n) is 0.203. The highest BCUT2D eigenvalue weighted by Crippen LogP contribution is 1.71. The summed E-state index contributed by atoms with van der Waals surface area (Å²) in [5.74, 6) is 0. The molecule has 0 amide bonds. The Morgan fingerprint density at radius 1 is 2.00 bits per heavy atom. The van der Waals surface area contributed by atoms with Gasteiger partial charge in [0.1, 0.15) is 10.4 Å². The van der Waals surface area contributed by atoms with Gasteiger partial charge in [0.25, 0.3) is 0 Å². The molecule has 0 aliphatic heterocycles. The molecule has 0 aliphatic carbocycles. The molecule has 0 radical (unpaired) electrons. The highest BCUT2D eigenvalue weighted by Gasteiger charge is 1.83. The molecule has 0 spiro atoms. The predicted octanol–water partition coefficient (Wildman–Crippen LogP) is -0.822. The number of rotatable bonds is 1. The Balaban J connectivity index is 3.00. The molecule has 0 unspecified atom stereocenters. The summed E-state index contributed by atoms with van der Waals surface area (Å²) in [4.78, 5) is 2.81. The maximum atomic E-state index is 4.85. The Bertz CT molecular complexity index is 68.0. The first-order valence-corrected chi connectivity index (χ1v) is 3.56. The van der Waals surface area contributed by atoms with E-state index >= 15 is 0 Å². The average molecular weight is 135 g/mol. The molecule has 0 aromatic carbocycles. The van der Waals surface area contributed by atoms with E-state index in [-0.39, 0.29) is 0 Å². The highest BCUT2D eigenvalue weighted by atomic mass is 32.1. The summed E-state index contributed by atoms with van der Waals surface area (Å²) in [5.41, 5.74) is 0. The molecule has 0 bridgehead atoms. The van der Waals surface area contributed by atoms with Crippen molar-refractivity contribution in [2.24, 2.45) is 0 Å². The van der Waals surface area contributed by atoms with Crippen molar-refractivity contribution in [1.82, 2.24) is 4.98 Å². The summed E-state index contributed by atoms with van der Waals surface area (Å²) >= 11 is 4.66. The lowest BCUT2D eigenvalue weighted by Crippen LogP contribution is -2.19. The number of thiocarbonyl (C=S) groups is 1. The zero-order valence-electron chi connectivity index (χ0n) is 4.52. The third kappa shape index (κ3) is 3.74. The zero-order chi connectivity index (χ0) is 5.70. The minimum absolute atomic E-state index is 0.522. The number of hydrogen-bond acceptors (Lipinski definition) is 2. The van der Waals surface area contributed by atoms with E-state index in [0.717, 1.165) is 10.4 Å². The van der Waals surface area contributed by atoms with Crippen LogP contribution >= 0.6 is 12.2 Å². The van der Waals surface area contributed by atoms with Gasteiger partial charge >= 0.3 is 0 Å². The fraction of sp³-hybridized carbons (Fsp3) is 0.667. The maximum Gasteiger partial charge on any atom is 0.247 e. The molecule has 0 aliphatic rings. The van der Waals surface area contributed by atoms with Crippen LogP contribution in [0.15, 0.2) is 0 Å². The molecular formula is C3H9NOSSi. The third-order valence-corrected chi connectivity index (χ3v) is 1.62. The number of ether oxygens (including phenoxy) is 1. The molecule has 1 N–H and O–H groups in total. The molecule has 0 fully saturated rings. The Hall–Kier alpha value is -0.0931. The first-order chi connectivity index (χ1) is 3.31. The Morgan fingerprint density at radius 2 is 2.57 bits per heavy atom. The summed E-state index contributed by atoms with van der Waals surface area (Å²) < 4.78 is 4.85. The van der Waals surface area contributed by atoms with Crippen LogP contribution < -0.4 is 4.98 Å². The van der Waals surface area contributed by atoms with Gasteiger partial charge in [0.2, 0.25) is 5.17 Å². The molecule has 2 nitrogen and oxygen atoms in total. The summed E-state index contributed by atoms with van der Waals surface area (Å²) in [5, 5.41) is 0.522. The first kappa shape index (κ1) is 6.91. The fourth-order valence-corrected chi connectivity index (χ4v) is 0.465. The van der Waals surface area contributed by atoms with E-state index in [0.29, 0.717) is 11.8 Å². The van der Waals surface area contributed by atoms with Crippen LogP contribution in [-0.4, -0.2) is 22.2 Å². The first-order valence-electron chi connectivity index (χ1n) is 2.15. The predicted molar refractivity (Wildman–Crippen MR) is 37.3 cm³/mol. The van der Waals surface area contributed by atoms with E-state index in [9.17, 15) is 0 Å². The van der Waals surface area contributed by atoms with Crippen LogP contribution in [0.2, 0.25) is 0 Å². The van der Waals surface area contributed by atoms with E-state index in [1.165, 1.54) is 0 Å². The van der Waals surface area contributed by atoms with Crippen LogP contribution in [-0.2, 0) is 4.74 Å². The summed E-state index contributed by atoms with van der Waals surface area (Å²) in [6, 6.07) is 0. The minimum Gasteiger partial charge on any atom is -0.472 e. The molecule has 7 heavy (non-hydrogen) atoms. The van der Waals surface area contributed by atoms with Gasteiger partial charge in [-0.2, -0.15) is 0 Å². The molecule has 4 heteroatoms. The van der Waals surface area contributed by atoms with E-state index in [2.05, 4.69) is 17.2 Å². The topological polar surface area (TPSA) is 21.3 Å². The van der Waals surface area contributed by atoms with Gasteiger partial charge in [-0.1, -0.05) is 0 Å². The molecule has 0 atom stereocenters. The normalized spacial score (nSPS) is 8.14. The Kier molecular flexibility index (Phi) is 4.02. The van der Waals surface area contributed by atoms with Crippen LogP contribution in [0, 0.1) is 0 Å². The second-order valence-electron chi connectivity index (χ2n) is 0.970. The van der Waals surface area contributed by atoms with Gasteiger partial charge in [-0.25, -0.2) is 0 Å². The van der Waals surface area contributed by atoms with E-state index < -0.39 is 0 Å². The van der Waals surface area contributed by atoms with Gasteiger partial charge in [0, 0.05) is 0 Å². The highest BCUT2D eigenvalue weighted by molar-refractivity contribution is 7.80. The van der Waals surface area contributed by atoms with Crippen molar-refractivity contribution in [3.63, 3.8) is 0 Å². The third-order valence-electron chi connectivity index (χ3n) is 0.480. The van der Waals surface area contributed by atoms with E-state index in [1.54, 1.807) is 0 Å². The van der Waals surface area contributed by atoms with Crippen molar-refractivity contribution in [3.05, 3.63) is 0 Å². The van der Waals surface area contributed by atoms with Crippen molar-refractivity contribution in [1.29, 1.82) is 0 Å². The van der Waals surface area contributed by atoms with Gasteiger partial charge in [0.05, 0.1) is 6.61 Å². The lowest BCUT2D eigenvalue weighted by Gasteiger charge is -2.00. The smallest absolute Gasteiger partial charge is 0.247 e. The van der Waals surface area contributed by atoms with Gasteiger partial charge in [-0.3, -0.25) is 0 Å². The van der Waals surface area contributed by atoms with Crippen LogP contribution in [0.5, 0.6) is 0 Å². The van der Waals surface area contributed by atoms with Gasteiger partial charge in [-0.05, 0) is 19.1 Å².